The van der Waals surface area contributed by atoms with Gasteiger partial charge >= 0.3 is 19.8 Å². The van der Waals surface area contributed by atoms with Crippen LogP contribution in [0.5, 0.6) is 0 Å². The average molecular weight is 894 g/mol. The molecule has 9 nitrogen and oxygen atoms in total. The molecule has 0 spiro atoms. The molecule has 0 bridgehead atoms. The SMILES string of the molecule is CC/C=C\C/C=C\C/C=C\C/C=C\CCC(=O)OC(COC(=O)CCCCCCCCCCCCCCCCCCCCCCCCCCCCCC)COP(=O)(O)OCCN. The third-order valence-corrected chi connectivity index (χ3v) is 12.0. The van der Waals surface area contributed by atoms with E-state index < -0.39 is 32.5 Å². The fourth-order valence-electron chi connectivity index (χ4n) is 7.24. The van der Waals surface area contributed by atoms with Gasteiger partial charge in [-0.3, -0.25) is 18.6 Å². The summed E-state index contributed by atoms with van der Waals surface area (Å²) in [5, 5.41) is 0. The van der Waals surface area contributed by atoms with Crippen molar-refractivity contribution in [3.05, 3.63) is 48.6 Å². The molecule has 0 aromatic rings. The molecule has 362 valence electrons. The van der Waals surface area contributed by atoms with E-state index in [0.717, 1.165) is 44.9 Å². The van der Waals surface area contributed by atoms with Gasteiger partial charge in [0.25, 0.3) is 0 Å². The first-order valence-electron chi connectivity index (χ1n) is 25.6. The lowest BCUT2D eigenvalue weighted by molar-refractivity contribution is -0.161. The van der Waals surface area contributed by atoms with Gasteiger partial charge in [0, 0.05) is 19.4 Å². The maximum Gasteiger partial charge on any atom is 0.472 e. The Labute approximate surface area is 381 Å². The van der Waals surface area contributed by atoms with Crippen LogP contribution in [0.2, 0.25) is 0 Å². The summed E-state index contributed by atoms with van der Waals surface area (Å²) in [6.45, 7) is 3.56. The lowest BCUT2D eigenvalue weighted by atomic mass is 10.0. The molecule has 0 fully saturated rings. The molecule has 0 aliphatic heterocycles. The molecule has 0 saturated carbocycles. The summed E-state index contributed by atoms with van der Waals surface area (Å²) in [7, 11) is -4.40. The summed E-state index contributed by atoms with van der Waals surface area (Å²) < 4.78 is 32.7. The number of rotatable bonds is 48. The standard InChI is InChI=1S/C52H96NO8P/c1-3-5-7-9-11-13-15-17-18-19-20-21-22-23-24-25-26-27-28-29-30-31-33-34-36-38-40-42-44-51(54)58-48-50(49-60-62(56,57)59-47-46-53)61-52(55)45-43-41-39-37-35-32-16-14-12-10-8-6-4-2/h6,8,12,14,32,35,39,41,50H,3-5,7,9-11,13,15-31,33-34,36-38,40,42-49,53H2,1-2H3,(H,56,57)/b8-6-,14-12-,35-32-,41-39-. The molecule has 0 saturated heterocycles. The van der Waals surface area contributed by atoms with Crippen LogP contribution in [0.1, 0.15) is 239 Å². The fourth-order valence-corrected chi connectivity index (χ4v) is 8.00. The molecule has 0 radical (unpaired) electrons. The number of unbranched alkanes of at least 4 members (excludes halogenated alkanes) is 27. The van der Waals surface area contributed by atoms with Crippen LogP contribution in [-0.4, -0.2) is 49.3 Å². The number of hydrogen-bond donors (Lipinski definition) is 2. The maximum atomic E-state index is 12.5. The monoisotopic (exact) mass is 894 g/mol. The van der Waals surface area contributed by atoms with Crippen molar-refractivity contribution in [1.82, 2.24) is 0 Å². The number of phosphoric acid groups is 1. The molecule has 0 rings (SSSR count). The quantitative estimate of drug-likeness (QED) is 0.0265. The number of esters is 2. The number of phosphoric ester groups is 1. The average Bonchev–Trinajstić information content (AvgIpc) is 3.26. The van der Waals surface area contributed by atoms with Crippen molar-refractivity contribution in [2.75, 3.05) is 26.4 Å². The van der Waals surface area contributed by atoms with Gasteiger partial charge in [0.1, 0.15) is 6.61 Å². The van der Waals surface area contributed by atoms with Crippen molar-refractivity contribution in [1.29, 1.82) is 0 Å². The molecule has 0 aliphatic carbocycles. The van der Waals surface area contributed by atoms with Crippen LogP contribution in [0.3, 0.4) is 0 Å². The number of ether oxygens (including phenoxy) is 2. The summed E-state index contributed by atoms with van der Waals surface area (Å²) >= 11 is 0. The zero-order chi connectivity index (χ0) is 45.3. The molecule has 2 atom stereocenters. The molecule has 2 unspecified atom stereocenters. The van der Waals surface area contributed by atoms with E-state index >= 15 is 0 Å². The van der Waals surface area contributed by atoms with Crippen LogP contribution in [0.4, 0.5) is 0 Å². The van der Waals surface area contributed by atoms with E-state index in [0.29, 0.717) is 6.42 Å². The minimum atomic E-state index is -4.40. The van der Waals surface area contributed by atoms with Gasteiger partial charge in [-0.05, 0) is 38.5 Å². The third kappa shape index (κ3) is 47.4. The molecule has 10 heteroatoms. The predicted molar refractivity (Wildman–Crippen MR) is 261 cm³/mol. The van der Waals surface area contributed by atoms with Crippen molar-refractivity contribution < 1.29 is 37.6 Å². The molecule has 0 aromatic heterocycles. The second kappa shape index (κ2) is 48.4. The Morgan fingerprint density at radius 2 is 0.887 bits per heavy atom. The molecule has 0 heterocycles. The van der Waals surface area contributed by atoms with Crippen LogP contribution in [0.25, 0.3) is 0 Å². The second-order valence-corrected chi connectivity index (χ2v) is 18.5. The van der Waals surface area contributed by atoms with Gasteiger partial charge in [-0.1, -0.05) is 236 Å². The topological polar surface area (TPSA) is 134 Å². The highest BCUT2D eigenvalue weighted by molar-refractivity contribution is 7.47. The normalized spacial score (nSPS) is 13.5. The fraction of sp³-hybridized carbons (Fsp3) is 0.808. The first-order chi connectivity index (χ1) is 30.3. The summed E-state index contributed by atoms with van der Waals surface area (Å²) in [6.07, 6.45) is 57.7. The van der Waals surface area contributed by atoms with Gasteiger partial charge in [-0.25, -0.2) is 4.57 Å². The van der Waals surface area contributed by atoms with E-state index in [1.807, 2.05) is 12.2 Å². The highest BCUT2D eigenvalue weighted by Crippen LogP contribution is 2.43. The van der Waals surface area contributed by atoms with Crippen molar-refractivity contribution in [2.24, 2.45) is 5.73 Å². The van der Waals surface area contributed by atoms with E-state index in [4.69, 9.17) is 24.3 Å². The van der Waals surface area contributed by atoms with Crippen LogP contribution >= 0.6 is 7.82 Å². The predicted octanol–water partition coefficient (Wildman–Crippen LogP) is 15.5. The molecule has 62 heavy (non-hydrogen) atoms. The second-order valence-electron chi connectivity index (χ2n) is 17.0. The maximum absolute atomic E-state index is 12.5. The first kappa shape index (κ1) is 60.0. The lowest BCUT2D eigenvalue weighted by Gasteiger charge is -2.19. The van der Waals surface area contributed by atoms with Gasteiger partial charge in [-0.2, -0.15) is 0 Å². The van der Waals surface area contributed by atoms with Gasteiger partial charge in [0.15, 0.2) is 6.10 Å². The van der Waals surface area contributed by atoms with E-state index in [-0.39, 0.29) is 32.6 Å². The van der Waals surface area contributed by atoms with E-state index in [2.05, 4.69) is 50.3 Å². The highest BCUT2D eigenvalue weighted by Gasteiger charge is 2.26. The molecule has 3 N–H and O–H groups in total. The van der Waals surface area contributed by atoms with Gasteiger partial charge in [0.2, 0.25) is 0 Å². The van der Waals surface area contributed by atoms with Crippen LogP contribution in [-0.2, 0) is 32.7 Å². The smallest absolute Gasteiger partial charge is 0.462 e. The van der Waals surface area contributed by atoms with Crippen LogP contribution in [0.15, 0.2) is 48.6 Å². The number of hydrogen-bond acceptors (Lipinski definition) is 8. The van der Waals surface area contributed by atoms with Gasteiger partial charge < -0.3 is 20.1 Å². The highest BCUT2D eigenvalue weighted by atomic mass is 31.2. The molecular formula is C52H96NO8P. The Hall–Kier alpha value is -2.03. The van der Waals surface area contributed by atoms with Crippen LogP contribution in [0, 0.1) is 0 Å². The van der Waals surface area contributed by atoms with Gasteiger partial charge in [0.05, 0.1) is 13.2 Å². The number of nitrogens with two attached hydrogens (primary N) is 1. The lowest BCUT2D eigenvalue weighted by Crippen LogP contribution is -2.29. The van der Waals surface area contributed by atoms with E-state index in [1.165, 1.54) is 161 Å². The van der Waals surface area contributed by atoms with E-state index in [9.17, 15) is 19.0 Å². The Kier molecular flexibility index (Phi) is 46.8. The van der Waals surface area contributed by atoms with Crippen molar-refractivity contribution in [3.8, 4) is 0 Å². The number of carbonyl (C=O) groups excluding carboxylic acids is 2. The van der Waals surface area contributed by atoms with E-state index in [1.54, 1.807) is 0 Å². The van der Waals surface area contributed by atoms with Crippen molar-refractivity contribution in [3.63, 3.8) is 0 Å². The summed E-state index contributed by atoms with van der Waals surface area (Å²) in [5.74, 6) is -0.916. The number of allylic oxidation sites excluding steroid dienone is 8. The Balaban J connectivity index is 3.93. The number of carbonyl (C=O) groups is 2. The largest absolute Gasteiger partial charge is 0.472 e. The Bertz CT molecular complexity index is 1160. The summed E-state index contributed by atoms with van der Waals surface area (Å²) in [6, 6.07) is 0. The third-order valence-electron chi connectivity index (χ3n) is 11.0. The minimum Gasteiger partial charge on any atom is -0.462 e. The Morgan fingerprint density at radius 1 is 0.500 bits per heavy atom. The first-order valence-corrected chi connectivity index (χ1v) is 27.1. The van der Waals surface area contributed by atoms with Gasteiger partial charge in [-0.15, -0.1) is 0 Å². The zero-order valence-corrected chi connectivity index (χ0v) is 41.0. The summed E-state index contributed by atoms with van der Waals surface area (Å²) in [4.78, 5) is 34.9. The molecule has 0 amide bonds. The zero-order valence-electron chi connectivity index (χ0n) is 40.1. The van der Waals surface area contributed by atoms with Crippen molar-refractivity contribution in [2.45, 2.75) is 245 Å². The summed E-state index contributed by atoms with van der Waals surface area (Å²) in [5.41, 5.74) is 5.35. The molecule has 0 aliphatic rings. The van der Waals surface area contributed by atoms with Crippen LogP contribution < -0.4 is 5.73 Å². The van der Waals surface area contributed by atoms with Crippen molar-refractivity contribution >= 4 is 19.8 Å². The Morgan fingerprint density at radius 3 is 1.29 bits per heavy atom. The molecular weight excluding hydrogens is 798 g/mol. The molecule has 0 aromatic carbocycles. The minimum absolute atomic E-state index is 0.0426.